The summed E-state index contributed by atoms with van der Waals surface area (Å²) in [5, 5.41) is 3.59. The van der Waals surface area contributed by atoms with E-state index >= 15 is 0 Å². The molecular formula is C15H25BrN2. The Labute approximate surface area is 120 Å². The number of rotatable bonds is 7. The van der Waals surface area contributed by atoms with Crippen molar-refractivity contribution in [3.05, 3.63) is 33.8 Å². The van der Waals surface area contributed by atoms with E-state index in [1.807, 2.05) is 0 Å². The summed E-state index contributed by atoms with van der Waals surface area (Å²) in [4.78, 5) is 2.45. The number of likely N-dealkylation sites (N-methyl/N-ethyl adjacent to an activating group) is 1. The number of hydrogen-bond donors (Lipinski definition) is 1. The van der Waals surface area contributed by atoms with Crippen molar-refractivity contribution in [2.75, 3.05) is 19.6 Å². The van der Waals surface area contributed by atoms with Crippen molar-refractivity contribution in [1.29, 1.82) is 0 Å². The predicted molar refractivity (Wildman–Crippen MR) is 83.0 cm³/mol. The van der Waals surface area contributed by atoms with Crippen LogP contribution < -0.4 is 5.32 Å². The third kappa shape index (κ3) is 5.09. The molecule has 2 nitrogen and oxygen atoms in total. The molecule has 0 saturated heterocycles. The maximum Gasteiger partial charge on any atom is 0.0220 e. The molecule has 1 unspecified atom stereocenters. The molecule has 0 spiro atoms. The Morgan fingerprint density at radius 3 is 2.56 bits per heavy atom. The van der Waals surface area contributed by atoms with E-state index < -0.39 is 0 Å². The zero-order valence-corrected chi connectivity index (χ0v) is 13.5. The van der Waals surface area contributed by atoms with E-state index in [2.05, 4.69) is 72.0 Å². The highest BCUT2D eigenvalue weighted by Gasteiger charge is 2.07. The molecule has 0 aliphatic heterocycles. The van der Waals surface area contributed by atoms with Gasteiger partial charge in [-0.25, -0.2) is 0 Å². The molecule has 0 radical (unpaired) electrons. The van der Waals surface area contributed by atoms with E-state index in [0.717, 1.165) is 26.2 Å². The predicted octanol–water partition coefficient (Wildman–Crippen LogP) is 3.58. The fourth-order valence-electron chi connectivity index (χ4n) is 2.06. The van der Waals surface area contributed by atoms with E-state index in [-0.39, 0.29) is 0 Å². The highest BCUT2D eigenvalue weighted by molar-refractivity contribution is 9.10. The Kier molecular flexibility index (Phi) is 6.90. The van der Waals surface area contributed by atoms with Gasteiger partial charge in [-0.3, -0.25) is 0 Å². The van der Waals surface area contributed by atoms with E-state index in [1.54, 1.807) is 0 Å². The standard InChI is InChI=1S/C15H25BrN2/c1-5-18(6-2)11-13(4)17-10-14-9-12(3)7-8-15(14)16/h7-9,13,17H,5-6,10-11H2,1-4H3. The Morgan fingerprint density at radius 2 is 1.94 bits per heavy atom. The molecule has 0 aromatic heterocycles. The van der Waals surface area contributed by atoms with Crippen LogP contribution in [0.4, 0.5) is 0 Å². The molecule has 1 atom stereocenters. The van der Waals surface area contributed by atoms with Gasteiger partial charge in [0.1, 0.15) is 0 Å². The molecule has 18 heavy (non-hydrogen) atoms. The third-order valence-corrected chi connectivity index (χ3v) is 4.04. The van der Waals surface area contributed by atoms with Crippen LogP contribution >= 0.6 is 15.9 Å². The first-order valence-corrected chi connectivity index (χ1v) is 7.56. The van der Waals surface area contributed by atoms with E-state index in [1.165, 1.54) is 15.6 Å². The largest absolute Gasteiger partial charge is 0.309 e. The number of benzene rings is 1. The van der Waals surface area contributed by atoms with Gasteiger partial charge in [-0.15, -0.1) is 0 Å². The summed E-state index contributed by atoms with van der Waals surface area (Å²) < 4.78 is 1.19. The van der Waals surface area contributed by atoms with E-state index in [9.17, 15) is 0 Å². The van der Waals surface area contributed by atoms with E-state index in [4.69, 9.17) is 0 Å². The monoisotopic (exact) mass is 312 g/mol. The SMILES string of the molecule is CCN(CC)CC(C)NCc1cc(C)ccc1Br. The molecule has 0 aliphatic carbocycles. The molecular weight excluding hydrogens is 288 g/mol. The lowest BCUT2D eigenvalue weighted by Crippen LogP contribution is -2.38. The molecule has 1 aromatic rings. The minimum Gasteiger partial charge on any atom is -0.309 e. The van der Waals surface area contributed by atoms with Crippen LogP contribution in [0, 0.1) is 6.92 Å². The van der Waals surface area contributed by atoms with Crippen LogP contribution in [-0.4, -0.2) is 30.6 Å². The van der Waals surface area contributed by atoms with Crippen LogP contribution in [0.3, 0.4) is 0 Å². The summed E-state index contributed by atoms with van der Waals surface area (Å²) in [5.41, 5.74) is 2.65. The fourth-order valence-corrected chi connectivity index (χ4v) is 2.44. The molecule has 0 fully saturated rings. The number of halogens is 1. The molecule has 1 N–H and O–H groups in total. The average molecular weight is 313 g/mol. The molecule has 102 valence electrons. The van der Waals surface area contributed by atoms with Crippen LogP contribution in [0.15, 0.2) is 22.7 Å². The van der Waals surface area contributed by atoms with Crippen molar-refractivity contribution < 1.29 is 0 Å². The molecule has 1 rings (SSSR count). The van der Waals surface area contributed by atoms with Gasteiger partial charge < -0.3 is 10.2 Å². The molecule has 1 aromatic carbocycles. The van der Waals surface area contributed by atoms with Gasteiger partial charge >= 0.3 is 0 Å². The van der Waals surface area contributed by atoms with Crippen LogP contribution in [0.25, 0.3) is 0 Å². The summed E-state index contributed by atoms with van der Waals surface area (Å²) in [6.07, 6.45) is 0. The van der Waals surface area contributed by atoms with Gasteiger partial charge in [0.15, 0.2) is 0 Å². The fraction of sp³-hybridized carbons (Fsp3) is 0.600. The summed E-state index contributed by atoms with van der Waals surface area (Å²) in [6.45, 7) is 13.1. The molecule has 0 bridgehead atoms. The summed E-state index contributed by atoms with van der Waals surface area (Å²) in [5.74, 6) is 0. The summed E-state index contributed by atoms with van der Waals surface area (Å²) in [7, 11) is 0. The Bertz CT molecular complexity index is 362. The van der Waals surface area contributed by atoms with Gasteiger partial charge in [0, 0.05) is 23.6 Å². The highest BCUT2D eigenvalue weighted by Crippen LogP contribution is 2.17. The maximum absolute atomic E-state index is 3.61. The van der Waals surface area contributed by atoms with Crippen molar-refractivity contribution in [2.24, 2.45) is 0 Å². The van der Waals surface area contributed by atoms with Crippen molar-refractivity contribution >= 4 is 15.9 Å². The number of aryl methyl sites for hydroxylation is 1. The first kappa shape index (κ1) is 15.7. The lowest BCUT2D eigenvalue weighted by atomic mass is 10.1. The van der Waals surface area contributed by atoms with Crippen LogP contribution in [0.1, 0.15) is 31.9 Å². The average Bonchev–Trinajstić information content (AvgIpc) is 2.37. The Morgan fingerprint density at radius 1 is 1.28 bits per heavy atom. The lowest BCUT2D eigenvalue weighted by molar-refractivity contribution is 0.270. The second kappa shape index (κ2) is 7.93. The van der Waals surface area contributed by atoms with Gasteiger partial charge in [0.2, 0.25) is 0 Å². The number of nitrogens with one attached hydrogen (secondary N) is 1. The van der Waals surface area contributed by atoms with Gasteiger partial charge in [0.25, 0.3) is 0 Å². The molecule has 0 aliphatic rings. The molecule has 0 saturated carbocycles. The zero-order chi connectivity index (χ0) is 13.5. The minimum absolute atomic E-state index is 0.511. The quantitative estimate of drug-likeness (QED) is 0.828. The summed E-state index contributed by atoms with van der Waals surface area (Å²) >= 11 is 3.61. The Hall–Kier alpha value is -0.380. The molecule has 0 heterocycles. The van der Waals surface area contributed by atoms with Crippen LogP contribution in [0.2, 0.25) is 0 Å². The topological polar surface area (TPSA) is 15.3 Å². The molecule has 3 heteroatoms. The second-order valence-corrected chi connectivity index (χ2v) is 5.72. The van der Waals surface area contributed by atoms with Crippen LogP contribution in [-0.2, 0) is 6.54 Å². The van der Waals surface area contributed by atoms with Crippen molar-refractivity contribution in [3.8, 4) is 0 Å². The number of nitrogens with zero attached hydrogens (tertiary/aromatic N) is 1. The maximum atomic E-state index is 3.61. The Balaban J connectivity index is 2.46. The lowest BCUT2D eigenvalue weighted by Gasteiger charge is -2.23. The van der Waals surface area contributed by atoms with Crippen LogP contribution in [0.5, 0.6) is 0 Å². The highest BCUT2D eigenvalue weighted by atomic mass is 79.9. The first-order chi connectivity index (χ1) is 8.56. The molecule has 0 amide bonds. The zero-order valence-electron chi connectivity index (χ0n) is 12.0. The van der Waals surface area contributed by atoms with Gasteiger partial charge in [-0.1, -0.05) is 47.5 Å². The van der Waals surface area contributed by atoms with Gasteiger partial charge in [-0.05, 0) is 38.6 Å². The van der Waals surface area contributed by atoms with Gasteiger partial charge in [0.05, 0.1) is 0 Å². The van der Waals surface area contributed by atoms with E-state index in [0.29, 0.717) is 6.04 Å². The third-order valence-electron chi connectivity index (χ3n) is 3.27. The first-order valence-electron chi connectivity index (χ1n) is 6.77. The minimum atomic E-state index is 0.511. The normalized spacial score (nSPS) is 13.0. The smallest absolute Gasteiger partial charge is 0.0220 e. The van der Waals surface area contributed by atoms with Crippen molar-refractivity contribution in [3.63, 3.8) is 0 Å². The van der Waals surface area contributed by atoms with Gasteiger partial charge in [-0.2, -0.15) is 0 Å². The van der Waals surface area contributed by atoms with Crippen molar-refractivity contribution in [2.45, 2.75) is 40.3 Å². The van der Waals surface area contributed by atoms with Crippen molar-refractivity contribution in [1.82, 2.24) is 10.2 Å². The summed E-state index contributed by atoms with van der Waals surface area (Å²) in [6, 6.07) is 7.01. The number of hydrogen-bond acceptors (Lipinski definition) is 2. The second-order valence-electron chi connectivity index (χ2n) is 4.86.